The predicted molar refractivity (Wildman–Crippen MR) is 58.3 cm³/mol. The van der Waals surface area contributed by atoms with Gasteiger partial charge in [0.15, 0.2) is 0 Å². The SMILES string of the molecule is N#CCCCCSc1ccc(O)cc1. The van der Waals surface area contributed by atoms with Crippen LogP contribution < -0.4 is 0 Å². The first kappa shape index (κ1) is 10.9. The van der Waals surface area contributed by atoms with Crippen LogP contribution in [0.25, 0.3) is 0 Å². The van der Waals surface area contributed by atoms with Crippen molar-refractivity contribution in [2.45, 2.75) is 24.2 Å². The van der Waals surface area contributed by atoms with Gasteiger partial charge in [-0.15, -0.1) is 11.8 Å². The standard InChI is InChI=1S/C11H13NOS/c12-8-2-1-3-9-14-11-6-4-10(13)5-7-11/h4-7,13H,1-3,9H2. The van der Waals surface area contributed by atoms with Crippen LogP contribution in [0.15, 0.2) is 29.2 Å². The van der Waals surface area contributed by atoms with Crippen molar-refractivity contribution in [2.24, 2.45) is 0 Å². The number of hydrogen-bond donors (Lipinski definition) is 1. The Morgan fingerprint density at radius 2 is 1.93 bits per heavy atom. The normalized spacial score (nSPS) is 9.64. The lowest BCUT2D eigenvalue weighted by molar-refractivity contribution is 0.475. The maximum absolute atomic E-state index is 9.05. The third-order valence-electron chi connectivity index (χ3n) is 1.79. The first-order valence-electron chi connectivity index (χ1n) is 4.61. The van der Waals surface area contributed by atoms with Crippen molar-refractivity contribution in [3.8, 4) is 11.8 Å². The lowest BCUT2D eigenvalue weighted by atomic mass is 10.3. The van der Waals surface area contributed by atoms with Crippen molar-refractivity contribution >= 4 is 11.8 Å². The Morgan fingerprint density at radius 1 is 1.21 bits per heavy atom. The molecule has 0 aliphatic carbocycles. The summed E-state index contributed by atoms with van der Waals surface area (Å²) >= 11 is 1.76. The van der Waals surface area contributed by atoms with Crippen LogP contribution in [-0.4, -0.2) is 10.9 Å². The van der Waals surface area contributed by atoms with Crippen LogP contribution in [0.4, 0.5) is 0 Å². The minimum absolute atomic E-state index is 0.304. The van der Waals surface area contributed by atoms with E-state index >= 15 is 0 Å². The van der Waals surface area contributed by atoms with Crippen LogP contribution in [0.5, 0.6) is 5.75 Å². The lowest BCUT2D eigenvalue weighted by Crippen LogP contribution is -1.80. The van der Waals surface area contributed by atoms with Gasteiger partial charge in [-0.3, -0.25) is 0 Å². The van der Waals surface area contributed by atoms with E-state index in [1.54, 1.807) is 23.9 Å². The molecule has 0 radical (unpaired) electrons. The molecule has 1 aromatic rings. The van der Waals surface area contributed by atoms with Gasteiger partial charge in [0.05, 0.1) is 6.07 Å². The molecule has 0 amide bonds. The number of phenolic OH excluding ortho intramolecular Hbond substituents is 1. The van der Waals surface area contributed by atoms with Gasteiger partial charge in [0, 0.05) is 11.3 Å². The molecule has 1 aromatic carbocycles. The van der Waals surface area contributed by atoms with Crippen LogP contribution in [0.2, 0.25) is 0 Å². The van der Waals surface area contributed by atoms with Crippen molar-refractivity contribution in [2.75, 3.05) is 5.75 Å². The fraction of sp³-hybridized carbons (Fsp3) is 0.364. The molecule has 0 bridgehead atoms. The molecule has 3 heteroatoms. The van der Waals surface area contributed by atoms with Crippen LogP contribution in [-0.2, 0) is 0 Å². The first-order chi connectivity index (χ1) is 6.83. The maximum Gasteiger partial charge on any atom is 0.115 e. The number of phenols is 1. The Balaban J connectivity index is 2.19. The minimum Gasteiger partial charge on any atom is -0.508 e. The summed E-state index contributed by atoms with van der Waals surface area (Å²) in [6.07, 6.45) is 2.69. The van der Waals surface area contributed by atoms with E-state index in [0.29, 0.717) is 12.2 Å². The van der Waals surface area contributed by atoms with Gasteiger partial charge in [0.1, 0.15) is 5.75 Å². The Bertz CT molecular complexity index is 302. The average Bonchev–Trinajstić information content (AvgIpc) is 2.21. The van der Waals surface area contributed by atoms with Gasteiger partial charge >= 0.3 is 0 Å². The highest BCUT2D eigenvalue weighted by molar-refractivity contribution is 7.99. The number of aromatic hydroxyl groups is 1. The highest BCUT2D eigenvalue weighted by atomic mass is 32.2. The average molecular weight is 207 g/mol. The third-order valence-corrected chi connectivity index (χ3v) is 2.89. The number of nitriles is 1. The summed E-state index contributed by atoms with van der Waals surface area (Å²) in [4.78, 5) is 1.17. The van der Waals surface area contributed by atoms with Crippen LogP contribution in [0.3, 0.4) is 0 Å². The Kier molecular flexibility index (Phi) is 4.95. The summed E-state index contributed by atoms with van der Waals surface area (Å²) in [5.41, 5.74) is 0. The largest absolute Gasteiger partial charge is 0.508 e. The highest BCUT2D eigenvalue weighted by Gasteiger charge is 1.94. The first-order valence-corrected chi connectivity index (χ1v) is 5.60. The molecule has 1 N–H and O–H groups in total. The number of rotatable bonds is 5. The van der Waals surface area contributed by atoms with E-state index in [2.05, 4.69) is 6.07 Å². The van der Waals surface area contributed by atoms with Crippen LogP contribution in [0.1, 0.15) is 19.3 Å². The van der Waals surface area contributed by atoms with Gasteiger partial charge in [-0.25, -0.2) is 0 Å². The molecular formula is C11H13NOS. The van der Waals surface area contributed by atoms with Gasteiger partial charge in [0.25, 0.3) is 0 Å². The molecule has 0 aromatic heterocycles. The fourth-order valence-corrected chi connectivity index (χ4v) is 1.95. The molecule has 0 saturated heterocycles. The Morgan fingerprint density at radius 3 is 2.57 bits per heavy atom. The zero-order chi connectivity index (χ0) is 10.2. The smallest absolute Gasteiger partial charge is 0.115 e. The molecule has 0 spiro atoms. The van der Waals surface area contributed by atoms with Gasteiger partial charge < -0.3 is 5.11 Å². The molecule has 0 atom stereocenters. The highest BCUT2D eigenvalue weighted by Crippen LogP contribution is 2.21. The second-order valence-corrected chi connectivity index (χ2v) is 4.13. The zero-order valence-corrected chi connectivity index (χ0v) is 8.76. The molecule has 1 rings (SSSR count). The molecule has 0 fully saturated rings. The van der Waals surface area contributed by atoms with E-state index in [1.165, 1.54) is 4.90 Å². The van der Waals surface area contributed by atoms with Gasteiger partial charge in [0.2, 0.25) is 0 Å². The quantitative estimate of drug-likeness (QED) is 0.595. The number of thioether (sulfide) groups is 1. The summed E-state index contributed by atoms with van der Waals surface area (Å²) in [7, 11) is 0. The van der Waals surface area contributed by atoms with Crippen molar-refractivity contribution in [3.05, 3.63) is 24.3 Å². The predicted octanol–water partition coefficient (Wildman–Crippen LogP) is 3.18. The molecule has 0 aliphatic rings. The molecule has 0 heterocycles. The zero-order valence-electron chi connectivity index (χ0n) is 7.94. The van der Waals surface area contributed by atoms with E-state index in [1.807, 2.05) is 12.1 Å². The van der Waals surface area contributed by atoms with Crippen molar-refractivity contribution < 1.29 is 5.11 Å². The van der Waals surface area contributed by atoms with Crippen molar-refractivity contribution in [1.82, 2.24) is 0 Å². The summed E-state index contributed by atoms with van der Waals surface area (Å²) in [5, 5.41) is 17.4. The van der Waals surface area contributed by atoms with Gasteiger partial charge in [-0.05, 0) is 42.9 Å². The van der Waals surface area contributed by atoms with E-state index in [9.17, 15) is 0 Å². The van der Waals surface area contributed by atoms with E-state index in [-0.39, 0.29) is 0 Å². The summed E-state index contributed by atoms with van der Waals surface area (Å²) in [6.45, 7) is 0. The van der Waals surface area contributed by atoms with Crippen molar-refractivity contribution in [3.63, 3.8) is 0 Å². The van der Waals surface area contributed by atoms with Crippen molar-refractivity contribution in [1.29, 1.82) is 5.26 Å². The summed E-state index contributed by atoms with van der Waals surface area (Å²) < 4.78 is 0. The molecular weight excluding hydrogens is 194 g/mol. The monoisotopic (exact) mass is 207 g/mol. The maximum atomic E-state index is 9.05. The molecule has 0 unspecified atom stereocenters. The lowest BCUT2D eigenvalue weighted by Gasteiger charge is -2.00. The number of benzene rings is 1. The molecule has 0 saturated carbocycles. The summed E-state index contributed by atoms with van der Waals surface area (Å²) in [5.74, 6) is 1.34. The minimum atomic E-state index is 0.304. The Hall–Kier alpha value is -1.14. The Labute approximate surface area is 88.6 Å². The molecule has 14 heavy (non-hydrogen) atoms. The second-order valence-electron chi connectivity index (χ2n) is 2.96. The van der Waals surface area contributed by atoms with Crippen LogP contribution in [0, 0.1) is 11.3 Å². The number of unbranched alkanes of at least 4 members (excludes halogenated alkanes) is 2. The van der Waals surface area contributed by atoms with Gasteiger partial charge in [-0.1, -0.05) is 0 Å². The number of nitrogens with zero attached hydrogens (tertiary/aromatic N) is 1. The molecule has 0 aliphatic heterocycles. The molecule has 74 valence electrons. The van der Waals surface area contributed by atoms with E-state index in [4.69, 9.17) is 10.4 Å². The summed E-state index contributed by atoms with van der Waals surface area (Å²) in [6, 6.07) is 9.33. The fourth-order valence-electron chi connectivity index (χ4n) is 1.04. The topological polar surface area (TPSA) is 44.0 Å². The second kappa shape index (κ2) is 6.33. The van der Waals surface area contributed by atoms with E-state index in [0.717, 1.165) is 18.6 Å². The van der Waals surface area contributed by atoms with Gasteiger partial charge in [-0.2, -0.15) is 5.26 Å². The van der Waals surface area contributed by atoms with E-state index < -0.39 is 0 Å². The molecule has 2 nitrogen and oxygen atoms in total. The van der Waals surface area contributed by atoms with Crippen LogP contribution >= 0.6 is 11.8 Å². The number of hydrogen-bond acceptors (Lipinski definition) is 3. The third kappa shape index (κ3) is 4.20.